The number of nitrogens with zero attached hydrogens (tertiary/aromatic N) is 1. The Morgan fingerprint density at radius 3 is 2.36 bits per heavy atom. The number of amides is 1. The largest absolute Gasteiger partial charge is 0.340 e. The van der Waals surface area contributed by atoms with Crippen LogP contribution in [0.1, 0.15) is 31.7 Å². The van der Waals surface area contributed by atoms with E-state index in [2.05, 4.69) is 48.2 Å². The number of likely N-dealkylation sites (tertiary alicyclic amines) is 1. The van der Waals surface area contributed by atoms with Gasteiger partial charge in [-0.25, -0.2) is 0 Å². The third-order valence-electron chi connectivity index (χ3n) is 4.54. The van der Waals surface area contributed by atoms with Crippen LogP contribution >= 0.6 is 0 Å². The van der Waals surface area contributed by atoms with Crippen molar-refractivity contribution in [2.75, 3.05) is 6.54 Å². The molecule has 0 bridgehead atoms. The molecule has 2 heteroatoms. The van der Waals surface area contributed by atoms with Crippen LogP contribution in [-0.4, -0.2) is 23.4 Å². The normalized spacial score (nSPS) is 18.2. The summed E-state index contributed by atoms with van der Waals surface area (Å²) in [6.45, 7) is 3.08. The molecular formula is C20H23NO. The Balaban J connectivity index is 1.67. The van der Waals surface area contributed by atoms with Gasteiger partial charge in [0, 0.05) is 12.6 Å². The molecule has 2 nitrogen and oxygen atoms in total. The van der Waals surface area contributed by atoms with Crippen molar-refractivity contribution in [2.24, 2.45) is 0 Å². The van der Waals surface area contributed by atoms with Crippen molar-refractivity contribution in [1.82, 2.24) is 4.90 Å². The van der Waals surface area contributed by atoms with E-state index in [9.17, 15) is 4.79 Å². The Kier molecular flexibility index (Phi) is 4.57. The van der Waals surface area contributed by atoms with Crippen molar-refractivity contribution in [3.05, 3.63) is 60.2 Å². The highest BCUT2D eigenvalue weighted by Crippen LogP contribution is 2.21. The first kappa shape index (κ1) is 14.8. The lowest BCUT2D eigenvalue weighted by Crippen LogP contribution is -2.42. The predicted octanol–water partition coefficient (Wildman–Crippen LogP) is 4.30. The topological polar surface area (TPSA) is 20.3 Å². The molecule has 1 amide bonds. The summed E-state index contributed by atoms with van der Waals surface area (Å²) in [5.41, 5.74) is 3.51. The molecular weight excluding hydrogens is 270 g/mol. The summed E-state index contributed by atoms with van der Waals surface area (Å²) in [5.74, 6) is 0.264. The summed E-state index contributed by atoms with van der Waals surface area (Å²) >= 11 is 0. The van der Waals surface area contributed by atoms with Gasteiger partial charge in [-0.1, -0.05) is 54.6 Å². The number of hydrogen-bond donors (Lipinski definition) is 0. The fourth-order valence-corrected chi connectivity index (χ4v) is 3.19. The zero-order valence-electron chi connectivity index (χ0n) is 13.2. The van der Waals surface area contributed by atoms with E-state index in [0.29, 0.717) is 12.5 Å². The Bertz CT molecular complexity index is 618. The van der Waals surface area contributed by atoms with E-state index in [-0.39, 0.29) is 5.91 Å². The van der Waals surface area contributed by atoms with Gasteiger partial charge in [0.2, 0.25) is 5.91 Å². The van der Waals surface area contributed by atoms with Crippen molar-refractivity contribution in [1.29, 1.82) is 0 Å². The number of benzene rings is 2. The molecule has 0 aromatic heterocycles. The summed E-state index contributed by atoms with van der Waals surface area (Å²) in [5, 5.41) is 0. The van der Waals surface area contributed by atoms with Crippen LogP contribution in [0.4, 0.5) is 0 Å². The van der Waals surface area contributed by atoms with Gasteiger partial charge in [0.25, 0.3) is 0 Å². The average molecular weight is 293 g/mol. The van der Waals surface area contributed by atoms with Crippen LogP contribution in [0.5, 0.6) is 0 Å². The number of carbonyl (C=O) groups excluding carboxylic acids is 1. The van der Waals surface area contributed by atoms with Crippen molar-refractivity contribution in [3.8, 4) is 11.1 Å². The fraction of sp³-hybridized carbons (Fsp3) is 0.350. The number of piperidine rings is 1. The average Bonchev–Trinajstić information content (AvgIpc) is 2.57. The summed E-state index contributed by atoms with van der Waals surface area (Å²) in [4.78, 5) is 14.5. The van der Waals surface area contributed by atoms with E-state index >= 15 is 0 Å². The van der Waals surface area contributed by atoms with Gasteiger partial charge in [-0.15, -0.1) is 0 Å². The maximum absolute atomic E-state index is 12.5. The minimum absolute atomic E-state index is 0.264. The Labute approximate surface area is 132 Å². The standard InChI is InChI=1S/C20H23NO/c1-16-7-5-6-14-21(16)20(22)15-17-10-12-19(13-11-17)18-8-3-2-4-9-18/h2-4,8-13,16H,5-7,14-15H2,1H3. The highest BCUT2D eigenvalue weighted by molar-refractivity contribution is 5.79. The van der Waals surface area contributed by atoms with Crippen molar-refractivity contribution in [3.63, 3.8) is 0 Å². The van der Waals surface area contributed by atoms with Crippen molar-refractivity contribution < 1.29 is 4.79 Å². The van der Waals surface area contributed by atoms with Gasteiger partial charge in [-0.05, 0) is 42.9 Å². The molecule has 1 atom stereocenters. The van der Waals surface area contributed by atoms with E-state index in [1.807, 2.05) is 18.2 Å². The van der Waals surface area contributed by atoms with E-state index < -0.39 is 0 Å². The maximum Gasteiger partial charge on any atom is 0.227 e. The summed E-state index contributed by atoms with van der Waals surface area (Å²) in [7, 11) is 0. The summed E-state index contributed by atoms with van der Waals surface area (Å²) in [6, 6.07) is 19.1. The number of rotatable bonds is 3. The maximum atomic E-state index is 12.5. The van der Waals surface area contributed by atoms with E-state index in [0.717, 1.165) is 24.9 Å². The molecule has 1 aliphatic heterocycles. The van der Waals surface area contributed by atoms with Gasteiger partial charge in [-0.3, -0.25) is 4.79 Å². The van der Waals surface area contributed by atoms with Crippen LogP contribution in [0.25, 0.3) is 11.1 Å². The van der Waals surface area contributed by atoms with Crippen LogP contribution in [0, 0.1) is 0 Å². The first-order valence-corrected chi connectivity index (χ1v) is 8.18. The third-order valence-corrected chi connectivity index (χ3v) is 4.54. The van der Waals surface area contributed by atoms with E-state index in [1.165, 1.54) is 17.5 Å². The molecule has 3 rings (SSSR count). The summed E-state index contributed by atoms with van der Waals surface area (Å²) in [6.07, 6.45) is 4.04. The predicted molar refractivity (Wildman–Crippen MR) is 90.6 cm³/mol. The number of hydrogen-bond acceptors (Lipinski definition) is 1. The molecule has 1 saturated heterocycles. The van der Waals surface area contributed by atoms with Crippen LogP contribution in [-0.2, 0) is 11.2 Å². The number of carbonyl (C=O) groups is 1. The molecule has 0 aliphatic carbocycles. The molecule has 2 aromatic carbocycles. The van der Waals surface area contributed by atoms with Crippen LogP contribution < -0.4 is 0 Å². The highest BCUT2D eigenvalue weighted by atomic mass is 16.2. The Hall–Kier alpha value is -2.09. The quantitative estimate of drug-likeness (QED) is 0.826. The third kappa shape index (κ3) is 3.38. The van der Waals surface area contributed by atoms with Crippen molar-refractivity contribution >= 4 is 5.91 Å². The Morgan fingerprint density at radius 2 is 1.68 bits per heavy atom. The van der Waals surface area contributed by atoms with E-state index in [4.69, 9.17) is 0 Å². The van der Waals surface area contributed by atoms with Crippen LogP contribution in [0.3, 0.4) is 0 Å². The lowest BCUT2D eigenvalue weighted by Gasteiger charge is -2.33. The zero-order valence-corrected chi connectivity index (χ0v) is 13.2. The minimum Gasteiger partial charge on any atom is -0.340 e. The zero-order chi connectivity index (χ0) is 15.4. The smallest absolute Gasteiger partial charge is 0.227 e. The molecule has 22 heavy (non-hydrogen) atoms. The van der Waals surface area contributed by atoms with Gasteiger partial charge < -0.3 is 4.90 Å². The molecule has 0 radical (unpaired) electrons. The van der Waals surface area contributed by atoms with Gasteiger partial charge in [0.15, 0.2) is 0 Å². The Morgan fingerprint density at radius 1 is 1.00 bits per heavy atom. The molecule has 1 aliphatic rings. The second kappa shape index (κ2) is 6.78. The monoisotopic (exact) mass is 293 g/mol. The molecule has 1 unspecified atom stereocenters. The summed E-state index contributed by atoms with van der Waals surface area (Å²) < 4.78 is 0. The van der Waals surface area contributed by atoms with Gasteiger partial charge in [-0.2, -0.15) is 0 Å². The lowest BCUT2D eigenvalue weighted by molar-refractivity contribution is -0.133. The molecule has 0 N–H and O–H groups in total. The second-order valence-corrected chi connectivity index (χ2v) is 6.17. The first-order chi connectivity index (χ1) is 10.7. The molecule has 0 spiro atoms. The SMILES string of the molecule is CC1CCCCN1C(=O)Cc1ccc(-c2ccccc2)cc1. The van der Waals surface area contributed by atoms with Gasteiger partial charge >= 0.3 is 0 Å². The molecule has 1 fully saturated rings. The molecule has 0 saturated carbocycles. The molecule has 1 heterocycles. The first-order valence-electron chi connectivity index (χ1n) is 8.18. The van der Waals surface area contributed by atoms with Crippen LogP contribution in [0.15, 0.2) is 54.6 Å². The lowest BCUT2D eigenvalue weighted by atomic mass is 10.0. The van der Waals surface area contributed by atoms with Gasteiger partial charge in [0.1, 0.15) is 0 Å². The molecule has 114 valence electrons. The fourth-order valence-electron chi connectivity index (χ4n) is 3.19. The van der Waals surface area contributed by atoms with Gasteiger partial charge in [0.05, 0.1) is 6.42 Å². The highest BCUT2D eigenvalue weighted by Gasteiger charge is 2.22. The van der Waals surface area contributed by atoms with Crippen LogP contribution in [0.2, 0.25) is 0 Å². The molecule has 2 aromatic rings. The minimum atomic E-state index is 0.264. The van der Waals surface area contributed by atoms with Crippen molar-refractivity contribution in [2.45, 2.75) is 38.6 Å². The second-order valence-electron chi connectivity index (χ2n) is 6.17. The van der Waals surface area contributed by atoms with E-state index in [1.54, 1.807) is 0 Å².